The summed E-state index contributed by atoms with van der Waals surface area (Å²) in [5, 5.41) is 30.0. The predicted molar refractivity (Wildman–Crippen MR) is 122 cm³/mol. The highest BCUT2D eigenvalue weighted by Gasteiger charge is 2.28. The molecular weight excluding hydrogens is 442 g/mol. The summed E-state index contributed by atoms with van der Waals surface area (Å²) in [5.74, 6) is -0.943. The second-order valence-corrected chi connectivity index (χ2v) is 8.06. The van der Waals surface area contributed by atoms with Crippen LogP contribution in [0, 0.1) is 6.92 Å². The van der Waals surface area contributed by atoms with Crippen molar-refractivity contribution in [3.05, 3.63) is 75.2 Å². The minimum atomic E-state index is -0.779. The average molecular weight is 467 g/mol. The van der Waals surface area contributed by atoms with Crippen molar-refractivity contribution >= 4 is 5.97 Å². The molecule has 0 aliphatic carbocycles. The Morgan fingerprint density at radius 3 is 2.53 bits per heavy atom. The highest BCUT2D eigenvalue weighted by Crippen LogP contribution is 2.39. The molecule has 9 heteroatoms. The van der Waals surface area contributed by atoms with Gasteiger partial charge < -0.3 is 34.1 Å². The quantitative estimate of drug-likeness (QED) is 0.358. The Labute approximate surface area is 195 Å². The molecule has 0 radical (unpaired) electrons. The molecule has 9 nitrogen and oxygen atoms in total. The van der Waals surface area contributed by atoms with E-state index < -0.39 is 17.4 Å². The maximum absolute atomic E-state index is 13.6. The first-order chi connectivity index (χ1) is 16.3. The molecule has 1 aliphatic rings. The van der Waals surface area contributed by atoms with E-state index in [0.29, 0.717) is 29.2 Å². The van der Waals surface area contributed by atoms with Crippen LogP contribution in [0.2, 0.25) is 0 Å². The number of nitrogens with zero attached hydrogens (tertiary/aromatic N) is 1. The summed E-state index contributed by atoms with van der Waals surface area (Å²) in [6.45, 7) is 2.04. The molecule has 0 fully saturated rings. The molecule has 3 N–H and O–H groups in total. The van der Waals surface area contributed by atoms with Crippen LogP contribution in [0.3, 0.4) is 0 Å². The Balaban J connectivity index is 1.74. The molecule has 0 saturated carbocycles. The van der Waals surface area contributed by atoms with Crippen molar-refractivity contribution in [1.29, 1.82) is 0 Å². The van der Waals surface area contributed by atoms with Crippen LogP contribution in [0.15, 0.2) is 47.3 Å². The summed E-state index contributed by atoms with van der Waals surface area (Å²) < 4.78 is 17.2. The van der Waals surface area contributed by atoms with Crippen molar-refractivity contribution in [2.24, 2.45) is 0 Å². The fraction of sp³-hybridized carbons (Fsp3) is 0.280. The number of aryl methyl sites for hydroxylation is 2. The van der Waals surface area contributed by atoms with E-state index >= 15 is 0 Å². The molecule has 0 saturated heterocycles. The first-order valence-corrected chi connectivity index (χ1v) is 10.7. The van der Waals surface area contributed by atoms with Gasteiger partial charge in [0, 0.05) is 18.2 Å². The normalized spacial score (nSPS) is 13.0. The number of esters is 1. The molecule has 3 aromatic rings. The second-order valence-electron chi connectivity index (χ2n) is 8.06. The molecule has 0 amide bonds. The lowest BCUT2D eigenvalue weighted by molar-refractivity contribution is -0.140. The molecule has 1 unspecified atom stereocenters. The number of carbonyl (C=O) groups excluding carboxylic acids is 1. The monoisotopic (exact) mass is 467 g/mol. The van der Waals surface area contributed by atoms with Gasteiger partial charge in [0.1, 0.15) is 5.75 Å². The van der Waals surface area contributed by atoms with Crippen LogP contribution < -0.4 is 15.0 Å². The zero-order valence-electron chi connectivity index (χ0n) is 18.8. The Morgan fingerprint density at radius 1 is 1.03 bits per heavy atom. The largest absolute Gasteiger partial charge is 0.507 e. The summed E-state index contributed by atoms with van der Waals surface area (Å²) in [5.41, 5.74) is 1.49. The number of hydrogen-bond acceptors (Lipinski definition) is 8. The number of pyridine rings is 1. The van der Waals surface area contributed by atoms with E-state index in [2.05, 4.69) is 0 Å². The molecule has 34 heavy (non-hydrogen) atoms. The van der Waals surface area contributed by atoms with E-state index in [-0.39, 0.29) is 42.6 Å². The van der Waals surface area contributed by atoms with E-state index in [1.165, 1.54) is 29.9 Å². The van der Waals surface area contributed by atoms with Gasteiger partial charge in [0.15, 0.2) is 23.0 Å². The van der Waals surface area contributed by atoms with E-state index in [4.69, 9.17) is 14.2 Å². The topological polar surface area (TPSA) is 127 Å². The van der Waals surface area contributed by atoms with E-state index in [0.717, 1.165) is 5.56 Å². The fourth-order valence-corrected chi connectivity index (χ4v) is 4.11. The van der Waals surface area contributed by atoms with Crippen LogP contribution in [0.4, 0.5) is 0 Å². The van der Waals surface area contributed by atoms with Crippen LogP contribution in [-0.4, -0.2) is 39.8 Å². The Hall–Kier alpha value is -4.14. The molecule has 0 bridgehead atoms. The summed E-state index contributed by atoms with van der Waals surface area (Å²) >= 11 is 0. The average Bonchev–Trinajstić information content (AvgIpc) is 3.28. The van der Waals surface area contributed by atoms with E-state index in [1.807, 2.05) is 0 Å². The van der Waals surface area contributed by atoms with Crippen LogP contribution in [0.25, 0.3) is 0 Å². The van der Waals surface area contributed by atoms with Crippen LogP contribution in [0.1, 0.15) is 34.7 Å². The van der Waals surface area contributed by atoms with Crippen LogP contribution in [-0.2, 0) is 22.5 Å². The lowest BCUT2D eigenvalue weighted by atomic mass is 9.88. The van der Waals surface area contributed by atoms with Crippen molar-refractivity contribution in [3.8, 4) is 28.7 Å². The van der Waals surface area contributed by atoms with Crippen LogP contribution >= 0.6 is 0 Å². The van der Waals surface area contributed by atoms with Crippen molar-refractivity contribution in [1.82, 2.24) is 4.57 Å². The third-order valence-electron chi connectivity index (χ3n) is 5.93. The zero-order chi connectivity index (χ0) is 24.4. The molecule has 2 aromatic carbocycles. The fourth-order valence-electron chi connectivity index (χ4n) is 4.11. The standard InChI is InChI=1S/C25H25NO8/c1-14-9-20(29)24(25(31)26(14)8-7-15-3-5-18(27)19(28)10-15)17(12-23(30)32-2)16-4-6-21-22(11-16)34-13-33-21/h3-6,9-11,17,27-29H,7-8,12-13H2,1-2H3. The molecule has 4 rings (SSSR count). The second kappa shape index (κ2) is 9.38. The van der Waals surface area contributed by atoms with Crippen LogP contribution in [0.5, 0.6) is 28.7 Å². The van der Waals surface area contributed by atoms with Gasteiger partial charge in [-0.1, -0.05) is 12.1 Å². The number of carbonyl (C=O) groups is 1. The Morgan fingerprint density at radius 2 is 1.79 bits per heavy atom. The van der Waals surface area contributed by atoms with Crippen molar-refractivity contribution in [2.45, 2.75) is 32.2 Å². The summed E-state index contributed by atoms with van der Waals surface area (Å²) in [6.07, 6.45) is 0.234. The van der Waals surface area contributed by atoms with Gasteiger partial charge in [-0.25, -0.2) is 0 Å². The third-order valence-corrected chi connectivity index (χ3v) is 5.93. The number of fused-ring (bicyclic) bond motifs is 1. The number of aromatic hydroxyl groups is 3. The van der Waals surface area contributed by atoms with Gasteiger partial charge in [0.05, 0.1) is 19.1 Å². The number of hydrogen-bond donors (Lipinski definition) is 3. The van der Waals surface area contributed by atoms with E-state index in [1.54, 1.807) is 31.2 Å². The van der Waals surface area contributed by atoms with Crippen molar-refractivity contribution < 1.29 is 34.3 Å². The minimum absolute atomic E-state index is 0.0726. The molecule has 0 spiro atoms. The zero-order valence-corrected chi connectivity index (χ0v) is 18.8. The van der Waals surface area contributed by atoms with Crippen molar-refractivity contribution in [3.63, 3.8) is 0 Å². The third kappa shape index (κ3) is 4.50. The number of methoxy groups -OCH3 is 1. The molecule has 1 aromatic heterocycles. The number of phenols is 2. The van der Waals surface area contributed by atoms with Gasteiger partial charge >= 0.3 is 5.97 Å². The first-order valence-electron chi connectivity index (χ1n) is 10.7. The molecule has 1 atom stereocenters. The maximum Gasteiger partial charge on any atom is 0.306 e. The smallest absolute Gasteiger partial charge is 0.306 e. The summed E-state index contributed by atoms with van der Waals surface area (Å²) in [6, 6.07) is 11.1. The predicted octanol–water partition coefficient (Wildman–Crippen LogP) is 2.94. The number of ether oxygens (including phenoxy) is 3. The SMILES string of the molecule is COC(=O)CC(c1ccc2c(c1)OCO2)c1c(O)cc(C)n(CCc2ccc(O)c(O)c2)c1=O. The van der Waals surface area contributed by atoms with Gasteiger partial charge in [-0.2, -0.15) is 0 Å². The summed E-state index contributed by atoms with van der Waals surface area (Å²) in [4.78, 5) is 25.8. The van der Waals surface area contributed by atoms with Crippen molar-refractivity contribution in [2.75, 3.05) is 13.9 Å². The lowest BCUT2D eigenvalue weighted by Crippen LogP contribution is -2.29. The highest BCUT2D eigenvalue weighted by atomic mass is 16.7. The molecular formula is C25H25NO8. The molecule has 178 valence electrons. The Bertz CT molecular complexity index is 1300. The molecule has 2 heterocycles. The minimum Gasteiger partial charge on any atom is -0.507 e. The number of aromatic nitrogens is 1. The van der Waals surface area contributed by atoms with Gasteiger partial charge in [-0.15, -0.1) is 0 Å². The number of phenolic OH excluding ortho intramolecular Hbond substituents is 2. The summed E-state index contributed by atoms with van der Waals surface area (Å²) in [7, 11) is 1.26. The number of benzene rings is 2. The molecule has 1 aliphatic heterocycles. The highest BCUT2D eigenvalue weighted by molar-refractivity contribution is 5.71. The first kappa shape index (κ1) is 23.0. The Kier molecular flexibility index (Phi) is 6.36. The van der Waals surface area contributed by atoms with E-state index in [9.17, 15) is 24.9 Å². The number of rotatable bonds is 7. The van der Waals surface area contributed by atoms with Gasteiger partial charge in [0.25, 0.3) is 5.56 Å². The lowest BCUT2D eigenvalue weighted by Gasteiger charge is -2.21. The van der Waals surface area contributed by atoms with Gasteiger partial charge in [-0.3, -0.25) is 9.59 Å². The van der Waals surface area contributed by atoms with Gasteiger partial charge in [-0.05, 0) is 54.8 Å². The maximum atomic E-state index is 13.6. The van der Waals surface area contributed by atoms with Gasteiger partial charge in [0.2, 0.25) is 6.79 Å².